The Kier molecular flexibility index (Phi) is 3.86. The minimum Gasteiger partial charge on any atom is -0.340 e. The van der Waals surface area contributed by atoms with E-state index in [0.717, 1.165) is 27.7 Å². The van der Waals surface area contributed by atoms with Gasteiger partial charge in [0.15, 0.2) is 5.82 Å². The molecule has 0 aliphatic heterocycles. The summed E-state index contributed by atoms with van der Waals surface area (Å²) in [5.41, 5.74) is 3.76. The van der Waals surface area contributed by atoms with Gasteiger partial charge in [-0.15, -0.1) is 0 Å². The average Bonchev–Trinajstić information content (AvgIpc) is 2.63. The van der Waals surface area contributed by atoms with Gasteiger partial charge in [0.05, 0.1) is 5.52 Å². The summed E-state index contributed by atoms with van der Waals surface area (Å²) in [6.07, 6.45) is 0. The van der Waals surface area contributed by atoms with Crippen LogP contribution < -0.4 is 5.32 Å². The van der Waals surface area contributed by atoms with E-state index < -0.39 is 0 Å². The van der Waals surface area contributed by atoms with Gasteiger partial charge in [0.2, 0.25) is 0 Å². The van der Waals surface area contributed by atoms with E-state index in [-0.39, 0.29) is 5.82 Å². The molecule has 0 unspecified atom stereocenters. The molecule has 3 nitrogen and oxygen atoms in total. The van der Waals surface area contributed by atoms with Gasteiger partial charge in [0, 0.05) is 16.6 Å². The van der Waals surface area contributed by atoms with Crippen LogP contribution in [0.4, 0.5) is 15.9 Å². The highest BCUT2D eigenvalue weighted by Crippen LogP contribution is 2.27. The fourth-order valence-electron chi connectivity index (χ4n) is 2.76. The van der Waals surface area contributed by atoms with Crippen molar-refractivity contribution < 1.29 is 4.39 Å². The van der Waals surface area contributed by atoms with E-state index >= 15 is 0 Å². The van der Waals surface area contributed by atoms with Gasteiger partial charge in [0.1, 0.15) is 11.6 Å². The van der Waals surface area contributed by atoms with Crippen LogP contribution in [-0.4, -0.2) is 9.97 Å². The minimum absolute atomic E-state index is 0.265. The molecule has 1 aromatic heterocycles. The molecule has 0 bridgehead atoms. The fraction of sp³-hybridized carbons (Fsp3) is 0.0476. The Morgan fingerprint density at radius 3 is 2.44 bits per heavy atom. The summed E-state index contributed by atoms with van der Waals surface area (Å²) in [7, 11) is 0. The Morgan fingerprint density at radius 2 is 1.64 bits per heavy atom. The number of rotatable bonds is 3. The molecular weight excluding hydrogens is 313 g/mol. The molecule has 0 aliphatic rings. The first kappa shape index (κ1) is 15.3. The molecule has 1 N–H and O–H groups in total. The molecule has 0 spiro atoms. The van der Waals surface area contributed by atoms with Crippen LogP contribution >= 0.6 is 0 Å². The number of benzene rings is 3. The maximum absolute atomic E-state index is 13.1. The van der Waals surface area contributed by atoms with E-state index in [0.29, 0.717) is 11.6 Å². The van der Waals surface area contributed by atoms with Crippen LogP contribution in [0.15, 0.2) is 72.8 Å². The highest BCUT2D eigenvalue weighted by Gasteiger charge is 2.10. The molecule has 4 rings (SSSR count). The predicted molar refractivity (Wildman–Crippen MR) is 99.4 cm³/mol. The van der Waals surface area contributed by atoms with Crippen molar-refractivity contribution >= 4 is 22.4 Å². The van der Waals surface area contributed by atoms with Gasteiger partial charge in [-0.3, -0.25) is 0 Å². The van der Waals surface area contributed by atoms with Crippen molar-refractivity contribution in [1.29, 1.82) is 0 Å². The molecule has 0 radical (unpaired) electrons. The smallest absolute Gasteiger partial charge is 0.162 e. The molecule has 0 saturated heterocycles. The highest BCUT2D eigenvalue weighted by molar-refractivity contribution is 5.92. The lowest BCUT2D eigenvalue weighted by molar-refractivity contribution is 0.628. The summed E-state index contributed by atoms with van der Waals surface area (Å²) in [6.45, 7) is 2.04. The first-order valence-electron chi connectivity index (χ1n) is 8.05. The predicted octanol–water partition coefficient (Wildman–Crippen LogP) is 5.49. The van der Waals surface area contributed by atoms with Crippen molar-refractivity contribution in [2.75, 3.05) is 5.32 Å². The second kappa shape index (κ2) is 6.32. The van der Waals surface area contributed by atoms with Crippen molar-refractivity contribution in [3.05, 3.63) is 84.2 Å². The van der Waals surface area contributed by atoms with Gasteiger partial charge in [-0.1, -0.05) is 35.9 Å². The molecule has 3 aromatic carbocycles. The van der Waals surface area contributed by atoms with Crippen LogP contribution in [0.25, 0.3) is 22.3 Å². The van der Waals surface area contributed by atoms with Gasteiger partial charge in [-0.25, -0.2) is 14.4 Å². The van der Waals surface area contributed by atoms with Gasteiger partial charge >= 0.3 is 0 Å². The zero-order chi connectivity index (χ0) is 17.2. The van der Waals surface area contributed by atoms with Crippen LogP contribution in [0.5, 0.6) is 0 Å². The largest absolute Gasteiger partial charge is 0.340 e. The summed E-state index contributed by atoms with van der Waals surface area (Å²) >= 11 is 0. The van der Waals surface area contributed by atoms with Crippen molar-refractivity contribution in [3.63, 3.8) is 0 Å². The van der Waals surface area contributed by atoms with Crippen molar-refractivity contribution in [1.82, 2.24) is 9.97 Å². The van der Waals surface area contributed by atoms with Crippen LogP contribution in [0.1, 0.15) is 5.56 Å². The summed E-state index contributed by atoms with van der Waals surface area (Å²) in [5, 5.41) is 4.20. The van der Waals surface area contributed by atoms with Crippen molar-refractivity contribution in [3.8, 4) is 11.4 Å². The van der Waals surface area contributed by atoms with Crippen LogP contribution in [0.2, 0.25) is 0 Å². The van der Waals surface area contributed by atoms with E-state index in [2.05, 4.69) is 11.4 Å². The Bertz CT molecular complexity index is 1040. The lowest BCUT2D eigenvalue weighted by atomic mass is 10.1. The highest BCUT2D eigenvalue weighted by atomic mass is 19.1. The number of aryl methyl sites for hydroxylation is 1. The number of fused-ring (bicyclic) bond motifs is 1. The molecule has 0 amide bonds. The molecular formula is C21H16FN3. The minimum atomic E-state index is -0.265. The van der Waals surface area contributed by atoms with Crippen molar-refractivity contribution in [2.45, 2.75) is 6.92 Å². The molecule has 0 saturated carbocycles. The van der Waals surface area contributed by atoms with Crippen LogP contribution in [-0.2, 0) is 0 Å². The van der Waals surface area contributed by atoms with Gasteiger partial charge in [0.25, 0.3) is 0 Å². The molecule has 122 valence electrons. The summed E-state index contributed by atoms with van der Waals surface area (Å²) in [4.78, 5) is 9.41. The third-order valence-corrected chi connectivity index (χ3v) is 3.99. The van der Waals surface area contributed by atoms with E-state index in [4.69, 9.17) is 9.97 Å². The Morgan fingerprint density at radius 1 is 0.840 bits per heavy atom. The van der Waals surface area contributed by atoms with Gasteiger partial charge < -0.3 is 5.32 Å². The van der Waals surface area contributed by atoms with Gasteiger partial charge in [-0.2, -0.15) is 0 Å². The summed E-state index contributed by atoms with van der Waals surface area (Å²) < 4.78 is 13.1. The fourth-order valence-corrected chi connectivity index (χ4v) is 2.76. The summed E-state index contributed by atoms with van der Waals surface area (Å²) in [5.74, 6) is 1.10. The molecule has 0 fully saturated rings. The number of nitrogens with zero attached hydrogens (tertiary/aromatic N) is 2. The van der Waals surface area contributed by atoms with Gasteiger partial charge in [-0.05, 0) is 49.4 Å². The number of nitrogens with one attached hydrogen (secondary N) is 1. The number of aromatic nitrogens is 2. The Balaban J connectivity index is 1.85. The molecule has 4 heteroatoms. The molecule has 0 aliphatic carbocycles. The van der Waals surface area contributed by atoms with E-state index in [9.17, 15) is 4.39 Å². The normalized spacial score (nSPS) is 10.8. The summed E-state index contributed by atoms with van der Waals surface area (Å²) in [6, 6.07) is 22.2. The zero-order valence-electron chi connectivity index (χ0n) is 13.7. The van der Waals surface area contributed by atoms with E-state index in [1.54, 1.807) is 12.1 Å². The Hall–Kier alpha value is -3.27. The maximum atomic E-state index is 13.1. The quantitative estimate of drug-likeness (QED) is 0.540. The standard InChI is InChI=1S/C21H16FN3/c1-14-5-4-6-15(13-14)20-24-19-8-3-2-7-18(19)21(25-20)23-17-11-9-16(22)10-12-17/h2-13H,1H3,(H,23,24,25). The SMILES string of the molecule is Cc1cccc(-c2nc(Nc3ccc(F)cc3)c3ccccc3n2)c1. The second-order valence-corrected chi connectivity index (χ2v) is 5.91. The lowest BCUT2D eigenvalue weighted by Crippen LogP contribution is -1.99. The van der Waals surface area contributed by atoms with E-state index in [1.165, 1.54) is 12.1 Å². The molecule has 25 heavy (non-hydrogen) atoms. The first-order valence-corrected chi connectivity index (χ1v) is 8.05. The zero-order valence-corrected chi connectivity index (χ0v) is 13.7. The number of para-hydroxylation sites is 1. The second-order valence-electron chi connectivity index (χ2n) is 5.91. The number of anilines is 2. The Labute approximate surface area is 145 Å². The number of hydrogen-bond donors (Lipinski definition) is 1. The topological polar surface area (TPSA) is 37.8 Å². The molecule has 0 atom stereocenters. The lowest BCUT2D eigenvalue weighted by Gasteiger charge is -2.11. The number of halogens is 1. The van der Waals surface area contributed by atoms with Crippen molar-refractivity contribution in [2.24, 2.45) is 0 Å². The van der Waals surface area contributed by atoms with E-state index in [1.807, 2.05) is 49.4 Å². The third-order valence-electron chi connectivity index (χ3n) is 3.99. The maximum Gasteiger partial charge on any atom is 0.162 e. The average molecular weight is 329 g/mol. The molecule has 1 heterocycles. The van der Waals surface area contributed by atoms with Crippen LogP contribution in [0.3, 0.4) is 0 Å². The third kappa shape index (κ3) is 3.19. The van der Waals surface area contributed by atoms with Crippen LogP contribution in [0, 0.1) is 12.7 Å². The monoisotopic (exact) mass is 329 g/mol. The molecule has 4 aromatic rings. The first-order chi connectivity index (χ1) is 12.2. The number of hydrogen-bond acceptors (Lipinski definition) is 3.